The first-order valence-corrected chi connectivity index (χ1v) is 7.34. The van der Waals surface area contributed by atoms with Crippen molar-refractivity contribution in [2.24, 2.45) is 9.98 Å². The summed E-state index contributed by atoms with van der Waals surface area (Å²) in [6.07, 6.45) is 1.09. The number of hydrogen-bond acceptors (Lipinski definition) is 4. The number of ether oxygens (including phenoxy) is 1. The number of nitrogens with zero attached hydrogens (tertiary/aromatic N) is 3. The number of rotatable bonds is 6. The van der Waals surface area contributed by atoms with Crippen molar-refractivity contribution in [2.45, 2.75) is 38.0 Å². The largest absolute Gasteiger partial charge is 0.476 e. The predicted octanol–water partition coefficient (Wildman–Crippen LogP) is 3.15. The van der Waals surface area contributed by atoms with E-state index in [9.17, 15) is 17.6 Å². The Morgan fingerprint density at radius 2 is 2.13 bits per heavy atom. The highest BCUT2D eigenvalue weighted by Gasteiger charge is 2.51. The van der Waals surface area contributed by atoms with Crippen molar-refractivity contribution in [3.8, 4) is 0 Å². The molecule has 0 saturated heterocycles. The van der Waals surface area contributed by atoms with E-state index >= 15 is 0 Å². The zero-order valence-corrected chi connectivity index (χ0v) is 12.8. The van der Waals surface area contributed by atoms with Crippen molar-refractivity contribution < 1.29 is 26.4 Å². The molecule has 0 aromatic carbocycles. The molecule has 2 aliphatic heterocycles. The summed E-state index contributed by atoms with van der Waals surface area (Å²) in [5.74, 6) is -8.05. The van der Waals surface area contributed by atoms with Crippen LogP contribution in [-0.2, 0) is 4.74 Å². The highest BCUT2D eigenvalue weighted by Crippen LogP contribution is 2.37. The number of alkyl halides is 4. The second-order valence-corrected chi connectivity index (χ2v) is 5.60. The average molecular weight is 338 g/mol. The van der Waals surface area contributed by atoms with E-state index in [1.54, 1.807) is 0 Å². The SMILES string of the molecule is [2H]C([2H])([2H])N1CCC=C(C2=NCN=C2OCCCC(F)(F)C(C)(F)F)C1. The Labute approximate surface area is 137 Å². The van der Waals surface area contributed by atoms with Crippen molar-refractivity contribution in [2.75, 3.05) is 33.3 Å². The Bertz CT molecular complexity index is 612. The average Bonchev–Trinajstić information content (AvgIpc) is 2.98. The predicted molar refractivity (Wildman–Crippen MR) is 80.7 cm³/mol. The van der Waals surface area contributed by atoms with Gasteiger partial charge in [-0.15, -0.1) is 0 Å². The second kappa shape index (κ2) is 6.98. The lowest BCUT2D eigenvalue weighted by Crippen LogP contribution is -2.37. The molecular formula is C15H21F4N3O. The van der Waals surface area contributed by atoms with E-state index in [4.69, 9.17) is 8.85 Å². The van der Waals surface area contributed by atoms with E-state index in [1.807, 2.05) is 6.08 Å². The van der Waals surface area contributed by atoms with E-state index in [0.29, 0.717) is 24.3 Å². The molecule has 2 heterocycles. The molecule has 0 aromatic heterocycles. The van der Waals surface area contributed by atoms with Crippen LogP contribution in [0.5, 0.6) is 0 Å². The molecule has 0 bridgehead atoms. The minimum atomic E-state index is -4.10. The molecule has 0 amide bonds. The van der Waals surface area contributed by atoms with Gasteiger partial charge in [0, 0.05) is 30.5 Å². The molecule has 130 valence electrons. The van der Waals surface area contributed by atoms with Gasteiger partial charge in [0.2, 0.25) is 5.90 Å². The van der Waals surface area contributed by atoms with Crippen molar-refractivity contribution in [1.82, 2.24) is 4.90 Å². The lowest BCUT2D eigenvalue weighted by molar-refractivity contribution is -0.201. The Kier molecular flexibility index (Phi) is 4.24. The lowest BCUT2D eigenvalue weighted by Gasteiger charge is -2.24. The number of halogens is 4. The van der Waals surface area contributed by atoms with Crippen molar-refractivity contribution in [3.63, 3.8) is 0 Å². The molecule has 2 aliphatic rings. The Hall–Kier alpha value is -1.44. The van der Waals surface area contributed by atoms with Gasteiger partial charge in [-0.25, -0.2) is 13.8 Å². The van der Waals surface area contributed by atoms with Crippen LogP contribution in [0.25, 0.3) is 0 Å². The smallest absolute Gasteiger partial charge is 0.310 e. The molecule has 23 heavy (non-hydrogen) atoms. The van der Waals surface area contributed by atoms with Crippen LogP contribution in [-0.4, -0.2) is 61.7 Å². The third kappa shape index (κ3) is 4.53. The lowest BCUT2D eigenvalue weighted by atomic mass is 10.1. The monoisotopic (exact) mass is 338 g/mol. The molecular weight excluding hydrogens is 314 g/mol. The van der Waals surface area contributed by atoms with Crippen LogP contribution in [0.1, 0.15) is 30.3 Å². The molecule has 4 nitrogen and oxygen atoms in total. The minimum Gasteiger partial charge on any atom is -0.476 e. The molecule has 0 N–H and O–H groups in total. The van der Waals surface area contributed by atoms with E-state index in [0.717, 1.165) is 0 Å². The molecule has 0 radical (unpaired) electrons. The van der Waals surface area contributed by atoms with Gasteiger partial charge in [-0.1, -0.05) is 6.08 Å². The van der Waals surface area contributed by atoms with Crippen LogP contribution in [0.4, 0.5) is 17.6 Å². The van der Waals surface area contributed by atoms with Gasteiger partial charge >= 0.3 is 11.8 Å². The molecule has 0 spiro atoms. The highest BCUT2D eigenvalue weighted by molar-refractivity contribution is 6.46. The topological polar surface area (TPSA) is 37.2 Å². The van der Waals surface area contributed by atoms with Crippen molar-refractivity contribution >= 4 is 11.6 Å². The molecule has 0 aliphatic carbocycles. The molecule has 0 fully saturated rings. The van der Waals surface area contributed by atoms with Crippen LogP contribution in [0.3, 0.4) is 0 Å². The maximum Gasteiger partial charge on any atom is 0.310 e. The van der Waals surface area contributed by atoms with E-state index in [-0.39, 0.29) is 39.1 Å². The maximum atomic E-state index is 13.2. The fourth-order valence-electron chi connectivity index (χ4n) is 2.26. The first-order chi connectivity index (χ1) is 11.9. The summed E-state index contributed by atoms with van der Waals surface area (Å²) in [5, 5.41) is 0. The van der Waals surface area contributed by atoms with Gasteiger partial charge in [0.1, 0.15) is 12.4 Å². The van der Waals surface area contributed by atoms with Crippen LogP contribution in [0.15, 0.2) is 21.6 Å². The molecule has 0 aromatic rings. The zero-order chi connectivity index (χ0) is 19.6. The molecule has 2 rings (SSSR count). The summed E-state index contributed by atoms with van der Waals surface area (Å²) in [6, 6.07) is 0. The Morgan fingerprint density at radius 3 is 2.83 bits per heavy atom. The van der Waals surface area contributed by atoms with E-state index in [2.05, 4.69) is 9.98 Å². The van der Waals surface area contributed by atoms with Gasteiger partial charge in [-0.2, -0.15) is 8.78 Å². The molecule has 0 saturated carbocycles. The number of hydrogen-bond donors (Lipinski definition) is 0. The fourth-order valence-corrected chi connectivity index (χ4v) is 2.26. The van der Waals surface area contributed by atoms with Gasteiger partial charge in [0.25, 0.3) is 0 Å². The van der Waals surface area contributed by atoms with Crippen LogP contribution >= 0.6 is 0 Å². The van der Waals surface area contributed by atoms with Gasteiger partial charge in [-0.05, 0) is 25.4 Å². The zero-order valence-electron chi connectivity index (χ0n) is 15.8. The fraction of sp³-hybridized carbons (Fsp3) is 0.733. The molecule has 0 unspecified atom stereocenters. The quantitative estimate of drug-likeness (QED) is 0.551. The summed E-state index contributed by atoms with van der Waals surface area (Å²) < 4.78 is 79.8. The summed E-state index contributed by atoms with van der Waals surface area (Å²) in [7, 11) is 0. The summed E-state index contributed by atoms with van der Waals surface area (Å²) in [4.78, 5) is 9.51. The van der Waals surface area contributed by atoms with Gasteiger partial charge in [0.05, 0.1) is 6.61 Å². The van der Waals surface area contributed by atoms with Crippen LogP contribution in [0.2, 0.25) is 0 Å². The minimum absolute atomic E-state index is 0.0962. The molecule has 8 heteroatoms. The van der Waals surface area contributed by atoms with Gasteiger partial charge in [0.15, 0.2) is 0 Å². The first-order valence-electron chi connectivity index (χ1n) is 8.84. The molecule has 0 atom stereocenters. The highest BCUT2D eigenvalue weighted by atomic mass is 19.3. The van der Waals surface area contributed by atoms with E-state index in [1.165, 1.54) is 4.90 Å². The van der Waals surface area contributed by atoms with E-state index < -0.39 is 25.2 Å². The summed E-state index contributed by atoms with van der Waals surface area (Å²) >= 11 is 0. The third-order valence-corrected chi connectivity index (χ3v) is 3.62. The summed E-state index contributed by atoms with van der Waals surface area (Å²) in [6.45, 7) is -1.61. The Morgan fingerprint density at radius 1 is 1.35 bits per heavy atom. The van der Waals surface area contributed by atoms with Gasteiger partial charge < -0.3 is 9.64 Å². The van der Waals surface area contributed by atoms with Crippen LogP contribution in [0, 0.1) is 0 Å². The van der Waals surface area contributed by atoms with Crippen molar-refractivity contribution in [3.05, 3.63) is 11.6 Å². The summed E-state index contributed by atoms with van der Waals surface area (Å²) in [5.41, 5.74) is 1.04. The second-order valence-electron chi connectivity index (χ2n) is 5.60. The third-order valence-electron chi connectivity index (χ3n) is 3.62. The number of aliphatic imine (C=N–C) groups is 2. The van der Waals surface area contributed by atoms with Crippen molar-refractivity contribution in [1.29, 1.82) is 0 Å². The van der Waals surface area contributed by atoms with Gasteiger partial charge in [-0.3, -0.25) is 4.99 Å². The normalized spacial score (nSPS) is 22.7. The Balaban J connectivity index is 1.88. The standard InChI is InChI=1S/C15H21F4N3O/c1-14(16,17)15(18,19)6-4-8-23-13-12(20-10-21-13)11-5-3-7-22(2)9-11/h5H,3-4,6-10H2,1-2H3/i2D3. The number of likely N-dealkylation sites (N-methyl/N-ethyl adjacent to an activating group) is 1. The maximum absolute atomic E-state index is 13.2. The van der Waals surface area contributed by atoms with Crippen LogP contribution < -0.4 is 0 Å². The first kappa shape index (κ1) is 13.9.